The Labute approximate surface area is 217 Å². The van der Waals surface area contributed by atoms with Gasteiger partial charge < -0.3 is 28.7 Å². The third-order valence-corrected chi connectivity index (χ3v) is 10.0. The lowest BCUT2D eigenvalue weighted by molar-refractivity contribution is -0.121. The average Bonchev–Trinajstić information content (AvgIpc) is 3.66. The van der Waals surface area contributed by atoms with Crippen molar-refractivity contribution in [3.8, 4) is 0 Å². The van der Waals surface area contributed by atoms with E-state index in [1.807, 2.05) is 4.90 Å². The molecule has 7 heteroatoms. The minimum absolute atomic E-state index is 0.0657. The second-order valence-electron chi connectivity index (χ2n) is 12.5. The van der Waals surface area contributed by atoms with E-state index in [1.54, 1.807) is 7.11 Å². The molecule has 5 rings (SSSR count). The standard InChI is InChI=1S/C29H48N2O5/c1-7-30(8-2)15-20-13-21-16-31(17-22(21)14-20)27(32)35-23-11-12-29(18-34-29)26(25(23)33-6)28(5)24(36-28)10-9-19(3)4/h9,20-26H,7-8,10-18H2,1-6H3/t20?,21-,22+,23-,24-,25-,26?,28+,29+/m1/s1. The second kappa shape index (κ2) is 10.2. The zero-order chi connectivity index (χ0) is 25.7. The number of fused-ring (bicyclic) bond motifs is 1. The van der Waals surface area contributed by atoms with Crippen molar-refractivity contribution in [1.82, 2.24) is 9.80 Å². The van der Waals surface area contributed by atoms with E-state index in [0.29, 0.717) is 11.8 Å². The fraction of sp³-hybridized carbons (Fsp3) is 0.897. The highest BCUT2D eigenvalue weighted by atomic mass is 16.6. The lowest BCUT2D eigenvalue weighted by atomic mass is 9.68. The summed E-state index contributed by atoms with van der Waals surface area (Å²) in [6.07, 6.45) is 6.81. The summed E-state index contributed by atoms with van der Waals surface area (Å²) >= 11 is 0. The number of nitrogens with zero attached hydrogens (tertiary/aromatic N) is 2. The Morgan fingerprint density at radius 3 is 2.39 bits per heavy atom. The summed E-state index contributed by atoms with van der Waals surface area (Å²) in [4.78, 5) is 17.8. The number of methoxy groups -OCH3 is 1. The molecule has 5 fully saturated rings. The van der Waals surface area contributed by atoms with Gasteiger partial charge in [-0.25, -0.2) is 4.79 Å². The van der Waals surface area contributed by atoms with Gasteiger partial charge in [-0.3, -0.25) is 0 Å². The molecule has 204 valence electrons. The lowest BCUT2D eigenvalue weighted by Gasteiger charge is -2.43. The van der Waals surface area contributed by atoms with Crippen LogP contribution in [0.25, 0.3) is 0 Å². The molecule has 9 atom stereocenters. The molecule has 36 heavy (non-hydrogen) atoms. The molecule has 3 saturated heterocycles. The van der Waals surface area contributed by atoms with E-state index in [4.69, 9.17) is 18.9 Å². The molecule has 0 radical (unpaired) electrons. The summed E-state index contributed by atoms with van der Waals surface area (Å²) in [5, 5.41) is 0. The third-order valence-electron chi connectivity index (χ3n) is 10.0. The van der Waals surface area contributed by atoms with Crippen molar-refractivity contribution in [2.75, 3.05) is 46.4 Å². The Morgan fingerprint density at radius 2 is 1.83 bits per heavy atom. The maximum absolute atomic E-state index is 13.3. The molecular weight excluding hydrogens is 456 g/mol. The molecule has 2 aliphatic carbocycles. The summed E-state index contributed by atoms with van der Waals surface area (Å²) in [7, 11) is 1.74. The van der Waals surface area contributed by atoms with E-state index in [2.05, 4.69) is 45.6 Å². The van der Waals surface area contributed by atoms with Gasteiger partial charge in [0.25, 0.3) is 0 Å². The zero-order valence-electron chi connectivity index (χ0n) is 23.3. The topological polar surface area (TPSA) is 67.1 Å². The van der Waals surface area contributed by atoms with E-state index in [0.717, 1.165) is 58.0 Å². The summed E-state index contributed by atoms with van der Waals surface area (Å²) in [6.45, 7) is 16.8. The highest BCUT2D eigenvalue weighted by Gasteiger charge is 2.72. The number of carbonyl (C=O) groups excluding carboxylic acids is 1. The average molecular weight is 505 g/mol. The first-order valence-electron chi connectivity index (χ1n) is 14.4. The molecule has 3 heterocycles. The second-order valence-corrected chi connectivity index (χ2v) is 12.5. The van der Waals surface area contributed by atoms with Gasteiger partial charge >= 0.3 is 6.09 Å². The van der Waals surface area contributed by atoms with Gasteiger partial charge in [-0.2, -0.15) is 0 Å². The van der Waals surface area contributed by atoms with Gasteiger partial charge in [-0.05, 0) is 83.7 Å². The summed E-state index contributed by atoms with van der Waals surface area (Å²) in [6, 6.07) is 0. The number of amides is 1. The van der Waals surface area contributed by atoms with Crippen LogP contribution in [0.2, 0.25) is 0 Å². The van der Waals surface area contributed by atoms with E-state index in [-0.39, 0.29) is 41.5 Å². The SMILES string of the molecule is CCN(CC)CC1C[C@@H]2CN(C(=O)O[C@@H]3CC[C@]4(CO4)C([C@@]4(C)O[C@@H]4CC=C(C)C)[C@@H]3OC)C[C@@H]2C1. The Balaban J connectivity index is 1.19. The fourth-order valence-corrected chi connectivity index (χ4v) is 7.84. The molecule has 0 N–H and O–H groups in total. The number of likely N-dealkylation sites (tertiary alicyclic amines) is 1. The number of hydrogen-bond acceptors (Lipinski definition) is 6. The number of epoxide rings is 2. The van der Waals surface area contributed by atoms with Gasteiger partial charge in [0, 0.05) is 26.7 Å². The van der Waals surface area contributed by atoms with Crippen molar-refractivity contribution < 1.29 is 23.7 Å². The predicted molar refractivity (Wildman–Crippen MR) is 139 cm³/mol. The van der Waals surface area contributed by atoms with Crippen LogP contribution in [0.1, 0.15) is 66.7 Å². The van der Waals surface area contributed by atoms with Gasteiger partial charge in [-0.15, -0.1) is 0 Å². The molecule has 3 aliphatic heterocycles. The smallest absolute Gasteiger partial charge is 0.410 e. The predicted octanol–water partition coefficient (Wildman–Crippen LogP) is 4.50. The van der Waals surface area contributed by atoms with Crippen LogP contribution in [-0.2, 0) is 18.9 Å². The molecular formula is C29H48N2O5. The number of allylic oxidation sites excluding steroid dienone is 1. The summed E-state index contributed by atoms with van der Waals surface area (Å²) < 4.78 is 24.6. The molecule has 0 aromatic carbocycles. The minimum Gasteiger partial charge on any atom is -0.443 e. The summed E-state index contributed by atoms with van der Waals surface area (Å²) in [5.41, 5.74) is 0.806. The normalized spacial score (nSPS) is 43.1. The molecule has 5 aliphatic rings. The van der Waals surface area contributed by atoms with Crippen LogP contribution in [-0.4, -0.2) is 91.8 Å². The van der Waals surface area contributed by atoms with Crippen molar-refractivity contribution >= 4 is 6.09 Å². The van der Waals surface area contributed by atoms with Gasteiger partial charge in [-0.1, -0.05) is 25.5 Å². The quantitative estimate of drug-likeness (QED) is 0.340. The van der Waals surface area contributed by atoms with Crippen molar-refractivity contribution in [3.05, 3.63) is 11.6 Å². The highest BCUT2D eigenvalue weighted by Crippen LogP contribution is 2.59. The highest BCUT2D eigenvalue weighted by molar-refractivity contribution is 5.68. The molecule has 2 saturated carbocycles. The van der Waals surface area contributed by atoms with Crippen molar-refractivity contribution in [2.24, 2.45) is 23.7 Å². The van der Waals surface area contributed by atoms with Crippen LogP contribution in [0.3, 0.4) is 0 Å². The lowest BCUT2D eigenvalue weighted by Crippen LogP contribution is -2.56. The van der Waals surface area contributed by atoms with E-state index >= 15 is 0 Å². The maximum Gasteiger partial charge on any atom is 0.410 e. The van der Waals surface area contributed by atoms with E-state index in [9.17, 15) is 4.79 Å². The maximum atomic E-state index is 13.3. The van der Waals surface area contributed by atoms with Crippen LogP contribution < -0.4 is 0 Å². The van der Waals surface area contributed by atoms with E-state index in [1.165, 1.54) is 25.0 Å². The first-order valence-corrected chi connectivity index (χ1v) is 14.4. The fourth-order valence-electron chi connectivity index (χ4n) is 7.84. The largest absolute Gasteiger partial charge is 0.443 e. The first-order chi connectivity index (χ1) is 17.2. The molecule has 1 amide bonds. The molecule has 0 bridgehead atoms. The van der Waals surface area contributed by atoms with Gasteiger partial charge in [0.2, 0.25) is 0 Å². The molecule has 7 nitrogen and oxygen atoms in total. The van der Waals surface area contributed by atoms with Crippen molar-refractivity contribution in [1.29, 1.82) is 0 Å². The Kier molecular flexibility index (Phi) is 7.49. The van der Waals surface area contributed by atoms with Crippen LogP contribution in [0.15, 0.2) is 11.6 Å². The van der Waals surface area contributed by atoms with Crippen molar-refractivity contribution in [3.63, 3.8) is 0 Å². The summed E-state index contributed by atoms with van der Waals surface area (Å²) in [5.74, 6) is 2.07. The zero-order valence-corrected chi connectivity index (χ0v) is 23.3. The Bertz CT molecular complexity index is 822. The first kappa shape index (κ1) is 26.5. The van der Waals surface area contributed by atoms with Gasteiger partial charge in [0.05, 0.1) is 18.6 Å². The van der Waals surface area contributed by atoms with Crippen LogP contribution in [0, 0.1) is 23.7 Å². The molecule has 0 aromatic heterocycles. The Hall–Kier alpha value is -1.15. The number of rotatable bonds is 9. The van der Waals surface area contributed by atoms with Crippen LogP contribution in [0.5, 0.6) is 0 Å². The van der Waals surface area contributed by atoms with Crippen molar-refractivity contribution in [2.45, 2.75) is 96.2 Å². The number of ether oxygens (including phenoxy) is 4. The molecule has 2 unspecified atom stereocenters. The van der Waals surface area contributed by atoms with Crippen LogP contribution in [0.4, 0.5) is 4.79 Å². The van der Waals surface area contributed by atoms with Crippen LogP contribution >= 0.6 is 0 Å². The minimum atomic E-state index is -0.307. The monoisotopic (exact) mass is 504 g/mol. The molecule has 0 aromatic rings. The number of hydrogen-bond donors (Lipinski definition) is 0. The van der Waals surface area contributed by atoms with Gasteiger partial charge in [0.1, 0.15) is 23.4 Å². The van der Waals surface area contributed by atoms with E-state index < -0.39 is 0 Å². The third kappa shape index (κ3) is 4.97. The Morgan fingerprint density at radius 1 is 1.17 bits per heavy atom. The molecule has 1 spiro atoms. The van der Waals surface area contributed by atoms with Gasteiger partial charge in [0.15, 0.2) is 0 Å². The number of carbonyl (C=O) groups is 1.